The van der Waals surface area contributed by atoms with Crippen molar-refractivity contribution in [1.82, 2.24) is 10.0 Å². The highest BCUT2D eigenvalue weighted by Crippen LogP contribution is 2.56. The predicted octanol–water partition coefficient (Wildman–Crippen LogP) is 4.92. The van der Waals surface area contributed by atoms with E-state index in [9.17, 15) is 19.2 Å². The van der Waals surface area contributed by atoms with Gasteiger partial charge in [0.2, 0.25) is 0 Å². The average molecular weight is 506 g/mol. The lowest BCUT2D eigenvalue weighted by molar-refractivity contribution is -0.154. The topological polar surface area (TPSA) is 74.8 Å². The van der Waals surface area contributed by atoms with Crippen LogP contribution < -0.4 is 0 Å². The molecular weight excluding hydrogens is 487 g/mol. The standard InChI is InChI=1S/C24H19Cl3N2O4/c25-14-7-8-15(18(27)10-14)19(30)11-28(22(31)16-3-1-2-4-17(16)26)29-23(32)20-12-5-6-13(9-12)21(20)24(29)33/h1-4,7-8,10,12-13,20-21H,5-6,9,11H2/t12-,13-,20+,21+/m0/s1. The van der Waals surface area contributed by atoms with Gasteiger partial charge in [-0.25, -0.2) is 5.01 Å². The van der Waals surface area contributed by atoms with E-state index < -0.39 is 41.9 Å². The van der Waals surface area contributed by atoms with E-state index in [-0.39, 0.29) is 33.0 Å². The number of imide groups is 1. The zero-order valence-electron chi connectivity index (χ0n) is 17.3. The molecule has 0 aromatic heterocycles. The maximum absolute atomic E-state index is 13.5. The van der Waals surface area contributed by atoms with Crippen LogP contribution in [0.5, 0.6) is 0 Å². The van der Waals surface area contributed by atoms with E-state index in [0.29, 0.717) is 5.02 Å². The Morgan fingerprint density at radius 3 is 2.12 bits per heavy atom. The lowest BCUT2D eigenvalue weighted by Crippen LogP contribution is -2.52. The number of carbonyl (C=O) groups is 4. The second kappa shape index (κ2) is 8.42. The maximum atomic E-state index is 13.5. The zero-order valence-corrected chi connectivity index (χ0v) is 19.6. The summed E-state index contributed by atoms with van der Waals surface area (Å²) in [6.45, 7) is -0.544. The summed E-state index contributed by atoms with van der Waals surface area (Å²) < 4.78 is 0. The van der Waals surface area contributed by atoms with Gasteiger partial charge in [0.1, 0.15) is 6.54 Å². The van der Waals surface area contributed by atoms with Crippen LogP contribution in [0, 0.1) is 23.7 Å². The third kappa shape index (κ3) is 3.65. The van der Waals surface area contributed by atoms with Gasteiger partial charge in [0.25, 0.3) is 17.7 Å². The van der Waals surface area contributed by atoms with Crippen molar-refractivity contribution in [3.05, 3.63) is 68.7 Å². The van der Waals surface area contributed by atoms with Crippen LogP contribution in [-0.4, -0.2) is 40.1 Å². The van der Waals surface area contributed by atoms with E-state index in [0.717, 1.165) is 29.3 Å². The SMILES string of the molecule is O=C(CN(C(=O)c1ccccc1Cl)N1C(=O)[C@@H]2[C@H]3CC[C@@H](C3)[C@H]2C1=O)c1ccc(Cl)cc1Cl. The molecule has 2 saturated carbocycles. The summed E-state index contributed by atoms with van der Waals surface area (Å²) in [6.07, 6.45) is 2.66. The average Bonchev–Trinajstić information content (AvgIpc) is 3.46. The first kappa shape index (κ1) is 22.4. The van der Waals surface area contributed by atoms with Gasteiger partial charge < -0.3 is 0 Å². The lowest BCUT2D eigenvalue weighted by atomic mass is 9.81. The van der Waals surface area contributed by atoms with Gasteiger partial charge >= 0.3 is 0 Å². The summed E-state index contributed by atoms with van der Waals surface area (Å²) in [7, 11) is 0. The highest BCUT2D eigenvalue weighted by Gasteiger charge is 2.62. The summed E-state index contributed by atoms with van der Waals surface area (Å²) in [6, 6.07) is 10.7. The molecule has 0 spiro atoms. The van der Waals surface area contributed by atoms with Gasteiger partial charge in [-0.1, -0.05) is 46.9 Å². The highest BCUT2D eigenvalue weighted by atomic mass is 35.5. The fourth-order valence-corrected chi connectivity index (χ4v) is 6.31. The van der Waals surface area contributed by atoms with E-state index in [2.05, 4.69) is 0 Å². The van der Waals surface area contributed by atoms with Crippen molar-refractivity contribution >= 4 is 58.3 Å². The minimum Gasteiger partial charge on any atom is -0.292 e. The number of amides is 3. The Morgan fingerprint density at radius 1 is 0.879 bits per heavy atom. The quantitative estimate of drug-likeness (QED) is 0.427. The van der Waals surface area contributed by atoms with Gasteiger partial charge in [-0.3, -0.25) is 19.2 Å². The highest BCUT2D eigenvalue weighted by molar-refractivity contribution is 6.37. The molecule has 6 nitrogen and oxygen atoms in total. The normalized spacial score (nSPS) is 25.5. The first-order valence-electron chi connectivity index (χ1n) is 10.7. The van der Waals surface area contributed by atoms with Crippen LogP contribution in [-0.2, 0) is 9.59 Å². The van der Waals surface area contributed by atoms with Crippen LogP contribution in [0.3, 0.4) is 0 Å². The summed E-state index contributed by atoms with van der Waals surface area (Å²) >= 11 is 18.4. The molecule has 170 valence electrons. The predicted molar refractivity (Wildman–Crippen MR) is 123 cm³/mol. The maximum Gasteiger partial charge on any atom is 0.274 e. The molecule has 0 radical (unpaired) electrons. The van der Waals surface area contributed by atoms with Crippen molar-refractivity contribution in [3.63, 3.8) is 0 Å². The van der Waals surface area contributed by atoms with E-state index in [4.69, 9.17) is 34.8 Å². The number of Topliss-reactive ketones (excluding diaryl/α,β-unsaturated/α-hetero) is 1. The molecule has 1 saturated heterocycles. The largest absolute Gasteiger partial charge is 0.292 e. The van der Waals surface area contributed by atoms with Crippen LogP contribution in [0.15, 0.2) is 42.5 Å². The second-order valence-electron chi connectivity index (χ2n) is 8.76. The van der Waals surface area contributed by atoms with Crippen LogP contribution in [0.4, 0.5) is 0 Å². The molecule has 0 N–H and O–H groups in total. The van der Waals surface area contributed by atoms with Crippen LogP contribution in [0.1, 0.15) is 40.0 Å². The fourth-order valence-electron chi connectivity index (χ4n) is 5.57. The summed E-state index contributed by atoms with van der Waals surface area (Å²) in [5.41, 5.74) is 0.229. The number of ketones is 1. The van der Waals surface area contributed by atoms with Crippen molar-refractivity contribution in [2.75, 3.05) is 6.54 Å². The molecule has 1 heterocycles. The number of carbonyl (C=O) groups excluding carboxylic acids is 4. The molecule has 5 rings (SSSR count). The van der Waals surface area contributed by atoms with Gasteiger partial charge in [0, 0.05) is 10.6 Å². The Morgan fingerprint density at radius 2 is 1.52 bits per heavy atom. The van der Waals surface area contributed by atoms with Gasteiger partial charge in [0.05, 0.1) is 27.4 Å². The number of benzene rings is 2. The van der Waals surface area contributed by atoms with Crippen LogP contribution >= 0.6 is 34.8 Å². The van der Waals surface area contributed by atoms with Crippen molar-refractivity contribution in [3.8, 4) is 0 Å². The Hall–Kier alpha value is -2.41. The van der Waals surface area contributed by atoms with Gasteiger partial charge in [-0.2, -0.15) is 5.01 Å². The Bertz CT molecular complexity index is 1170. The zero-order chi connectivity index (χ0) is 23.4. The number of nitrogens with zero attached hydrogens (tertiary/aromatic N) is 2. The van der Waals surface area contributed by atoms with Crippen molar-refractivity contribution in [1.29, 1.82) is 0 Å². The molecular formula is C24H19Cl3N2O4. The monoisotopic (exact) mass is 504 g/mol. The minimum atomic E-state index is -0.701. The lowest BCUT2D eigenvalue weighted by Gasteiger charge is -2.31. The molecule has 3 amide bonds. The fraction of sp³-hybridized carbons (Fsp3) is 0.333. The van der Waals surface area contributed by atoms with Crippen molar-refractivity contribution in [2.45, 2.75) is 19.3 Å². The molecule has 0 unspecified atom stereocenters. The van der Waals surface area contributed by atoms with Crippen molar-refractivity contribution < 1.29 is 19.2 Å². The van der Waals surface area contributed by atoms with E-state index in [1.165, 1.54) is 30.3 Å². The number of rotatable bonds is 5. The Labute approximate surface area is 205 Å². The second-order valence-corrected chi connectivity index (χ2v) is 10.0. The molecule has 2 bridgehead atoms. The molecule has 33 heavy (non-hydrogen) atoms. The smallest absolute Gasteiger partial charge is 0.274 e. The van der Waals surface area contributed by atoms with E-state index >= 15 is 0 Å². The first-order valence-corrected chi connectivity index (χ1v) is 11.8. The van der Waals surface area contributed by atoms with Crippen LogP contribution in [0.25, 0.3) is 0 Å². The molecule has 2 aliphatic carbocycles. The van der Waals surface area contributed by atoms with Gasteiger partial charge in [-0.05, 0) is 61.4 Å². The Kier molecular flexibility index (Phi) is 5.71. The number of fused-ring (bicyclic) bond motifs is 5. The number of halogens is 3. The molecule has 2 aromatic rings. The molecule has 2 aromatic carbocycles. The van der Waals surface area contributed by atoms with Gasteiger partial charge in [0.15, 0.2) is 5.78 Å². The first-order chi connectivity index (χ1) is 15.8. The van der Waals surface area contributed by atoms with Crippen molar-refractivity contribution in [2.24, 2.45) is 23.7 Å². The number of hydrazine groups is 1. The third-order valence-electron chi connectivity index (χ3n) is 7.01. The Balaban J connectivity index is 1.52. The van der Waals surface area contributed by atoms with Gasteiger partial charge in [-0.15, -0.1) is 0 Å². The summed E-state index contributed by atoms with van der Waals surface area (Å²) in [5.74, 6) is -2.68. The number of hydrogen-bond donors (Lipinski definition) is 0. The van der Waals surface area contributed by atoms with E-state index in [1.807, 2.05) is 0 Å². The number of hydrogen-bond acceptors (Lipinski definition) is 4. The molecule has 3 fully saturated rings. The molecule has 1 aliphatic heterocycles. The van der Waals surface area contributed by atoms with Crippen LogP contribution in [0.2, 0.25) is 15.1 Å². The molecule has 4 atom stereocenters. The summed E-state index contributed by atoms with van der Waals surface area (Å²) in [4.78, 5) is 53.5. The van der Waals surface area contributed by atoms with E-state index in [1.54, 1.807) is 12.1 Å². The minimum absolute atomic E-state index is 0.0924. The molecule has 9 heteroatoms. The summed E-state index contributed by atoms with van der Waals surface area (Å²) in [5, 5.41) is 2.44. The third-order valence-corrected chi connectivity index (χ3v) is 7.89. The molecule has 3 aliphatic rings.